The minimum Gasteiger partial charge on any atom is -0.494 e. The molecule has 2 aromatic rings. The summed E-state index contributed by atoms with van der Waals surface area (Å²) in [5.41, 5.74) is 0. The van der Waals surface area contributed by atoms with E-state index in [0.717, 1.165) is 3.79 Å². The second-order valence-electron chi connectivity index (χ2n) is 5.70. The zero-order chi connectivity index (χ0) is 18.7. The third kappa shape index (κ3) is 4.11. The number of halogens is 1. The topological polar surface area (TPSA) is 66.9 Å². The van der Waals surface area contributed by atoms with Gasteiger partial charge in [0.15, 0.2) is 0 Å². The molecule has 0 atom stereocenters. The van der Waals surface area contributed by atoms with E-state index >= 15 is 0 Å². The number of hydrogen-bond donors (Lipinski definition) is 0. The van der Waals surface area contributed by atoms with Gasteiger partial charge in [0, 0.05) is 26.2 Å². The molecular formula is C17H19BrN2O4S2. The first-order chi connectivity index (χ1) is 12.4. The fraction of sp³-hybridized carbons (Fsp3) is 0.353. The maximum absolute atomic E-state index is 12.8. The zero-order valence-corrected chi connectivity index (χ0v) is 17.4. The van der Waals surface area contributed by atoms with E-state index in [1.165, 1.54) is 15.6 Å². The van der Waals surface area contributed by atoms with Crippen LogP contribution in [0.15, 0.2) is 45.1 Å². The number of carbonyl (C=O) groups excluding carboxylic acids is 1. The summed E-state index contributed by atoms with van der Waals surface area (Å²) in [6.07, 6.45) is 0. The fourth-order valence-corrected chi connectivity index (χ4v) is 5.52. The Kier molecular flexibility index (Phi) is 6.01. The van der Waals surface area contributed by atoms with Crippen molar-refractivity contribution in [3.8, 4) is 5.75 Å². The lowest BCUT2D eigenvalue weighted by molar-refractivity contribution is 0.0703. The molecule has 140 valence electrons. The molecule has 1 amide bonds. The third-order valence-corrected chi connectivity index (χ3v) is 7.61. The van der Waals surface area contributed by atoms with Crippen LogP contribution < -0.4 is 4.74 Å². The van der Waals surface area contributed by atoms with Crippen LogP contribution in [0.1, 0.15) is 16.6 Å². The molecule has 1 aromatic heterocycles. The second-order valence-corrected chi connectivity index (χ2v) is 10.1. The summed E-state index contributed by atoms with van der Waals surface area (Å²) >= 11 is 4.73. The highest BCUT2D eigenvalue weighted by atomic mass is 79.9. The number of amides is 1. The van der Waals surface area contributed by atoms with Gasteiger partial charge >= 0.3 is 0 Å². The van der Waals surface area contributed by atoms with Crippen molar-refractivity contribution >= 4 is 43.2 Å². The predicted octanol–water partition coefficient (Wildman–Crippen LogP) is 3.06. The molecule has 1 saturated heterocycles. The quantitative estimate of drug-likeness (QED) is 0.690. The maximum atomic E-state index is 12.8. The van der Waals surface area contributed by atoms with E-state index in [1.54, 1.807) is 35.2 Å². The van der Waals surface area contributed by atoms with Gasteiger partial charge < -0.3 is 9.64 Å². The number of piperazine rings is 1. The molecule has 0 spiro atoms. The average Bonchev–Trinajstić information content (AvgIpc) is 3.08. The van der Waals surface area contributed by atoms with Gasteiger partial charge in [-0.25, -0.2) is 8.42 Å². The van der Waals surface area contributed by atoms with E-state index in [9.17, 15) is 13.2 Å². The number of benzene rings is 1. The molecule has 0 unspecified atom stereocenters. The Labute approximate surface area is 165 Å². The van der Waals surface area contributed by atoms with E-state index in [2.05, 4.69) is 15.9 Å². The highest BCUT2D eigenvalue weighted by Gasteiger charge is 2.30. The standard InChI is InChI=1S/C17H19BrN2O4S2/c1-2-24-13-3-5-14(6-4-13)26(22,23)20-11-9-19(10-12-20)17(21)15-7-8-16(18)25-15/h3-8H,2,9-12H2,1H3. The summed E-state index contributed by atoms with van der Waals surface area (Å²) in [4.78, 5) is 15.1. The van der Waals surface area contributed by atoms with Crippen LogP contribution in [0.25, 0.3) is 0 Å². The average molecular weight is 459 g/mol. The van der Waals surface area contributed by atoms with Crippen LogP contribution in [0.4, 0.5) is 0 Å². The molecule has 9 heteroatoms. The number of sulfonamides is 1. The number of carbonyl (C=O) groups is 1. The molecule has 2 heterocycles. The van der Waals surface area contributed by atoms with Crippen molar-refractivity contribution in [1.82, 2.24) is 9.21 Å². The lowest BCUT2D eigenvalue weighted by atomic mass is 10.3. The summed E-state index contributed by atoms with van der Waals surface area (Å²) < 4.78 is 33.2. The minimum atomic E-state index is -3.57. The Hall–Kier alpha value is -1.42. The molecular weight excluding hydrogens is 440 g/mol. The van der Waals surface area contributed by atoms with Crippen molar-refractivity contribution in [1.29, 1.82) is 0 Å². The Morgan fingerprint density at radius 2 is 1.77 bits per heavy atom. The monoisotopic (exact) mass is 458 g/mol. The molecule has 3 rings (SSSR count). The van der Waals surface area contributed by atoms with Crippen molar-refractivity contribution < 1.29 is 17.9 Å². The fourth-order valence-electron chi connectivity index (χ4n) is 2.74. The smallest absolute Gasteiger partial charge is 0.264 e. The van der Waals surface area contributed by atoms with Crippen molar-refractivity contribution in [3.63, 3.8) is 0 Å². The van der Waals surface area contributed by atoms with Gasteiger partial charge in [0.2, 0.25) is 10.0 Å². The van der Waals surface area contributed by atoms with Crippen molar-refractivity contribution in [2.75, 3.05) is 32.8 Å². The van der Waals surface area contributed by atoms with E-state index < -0.39 is 10.0 Å². The number of thiophene rings is 1. The largest absolute Gasteiger partial charge is 0.494 e. The normalized spacial score (nSPS) is 15.8. The van der Waals surface area contributed by atoms with E-state index in [1.807, 2.05) is 13.0 Å². The van der Waals surface area contributed by atoms with Crippen LogP contribution in [0.2, 0.25) is 0 Å². The molecule has 0 aliphatic carbocycles. The van der Waals surface area contributed by atoms with Gasteiger partial charge in [-0.3, -0.25) is 4.79 Å². The van der Waals surface area contributed by atoms with Crippen molar-refractivity contribution in [2.24, 2.45) is 0 Å². The van der Waals surface area contributed by atoms with Crippen LogP contribution in [0, 0.1) is 0 Å². The number of hydrogen-bond acceptors (Lipinski definition) is 5. The maximum Gasteiger partial charge on any atom is 0.264 e. The lowest BCUT2D eigenvalue weighted by Gasteiger charge is -2.33. The SMILES string of the molecule is CCOc1ccc(S(=O)(=O)N2CCN(C(=O)c3ccc(Br)s3)CC2)cc1. The number of rotatable bonds is 5. The molecule has 6 nitrogen and oxygen atoms in total. The van der Waals surface area contributed by atoms with Gasteiger partial charge in [0.25, 0.3) is 5.91 Å². The predicted molar refractivity (Wildman–Crippen MR) is 104 cm³/mol. The molecule has 0 radical (unpaired) electrons. The Morgan fingerprint density at radius 3 is 2.31 bits per heavy atom. The summed E-state index contributed by atoms with van der Waals surface area (Å²) in [6, 6.07) is 10.0. The molecule has 1 aliphatic heterocycles. The minimum absolute atomic E-state index is 0.0567. The van der Waals surface area contributed by atoms with Crippen molar-refractivity contribution in [3.05, 3.63) is 45.1 Å². The number of nitrogens with zero attached hydrogens (tertiary/aromatic N) is 2. The van der Waals surface area contributed by atoms with Gasteiger partial charge in [0.05, 0.1) is 20.2 Å². The molecule has 1 aromatic carbocycles. The van der Waals surface area contributed by atoms with Crippen LogP contribution >= 0.6 is 27.3 Å². The lowest BCUT2D eigenvalue weighted by Crippen LogP contribution is -2.50. The zero-order valence-electron chi connectivity index (χ0n) is 14.2. The van der Waals surface area contributed by atoms with E-state index in [-0.39, 0.29) is 23.9 Å². The Morgan fingerprint density at radius 1 is 1.12 bits per heavy atom. The van der Waals surface area contributed by atoms with Gasteiger partial charge in [-0.15, -0.1) is 11.3 Å². The first-order valence-corrected chi connectivity index (χ1v) is 11.2. The molecule has 0 N–H and O–H groups in total. The molecule has 0 saturated carbocycles. The summed E-state index contributed by atoms with van der Waals surface area (Å²) in [7, 11) is -3.57. The molecule has 0 bridgehead atoms. The van der Waals surface area contributed by atoms with E-state index in [4.69, 9.17) is 4.74 Å². The summed E-state index contributed by atoms with van der Waals surface area (Å²) in [6.45, 7) is 3.74. The number of ether oxygens (including phenoxy) is 1. The highest BCUT2D eigenvalue weighted by molar-refractivity contribution is 9.11. The summed E-state index contributed by atoms with van der Waals surface area (Å²) in [5.74, 6) is 0.586. The Bertz CT molecular complexity index is 872. The molecule has 1 fully saturated rings. The third-order valence-electron chi connectivity index (χ3n) is 4.08. The Balaban J connectivity index is 1.65. The van der Waals surface area contributed by atoms with Crippen LogP contribution in [0.3, 0.4) is 0 Å². The first-order valence-electron chi connectivity index (χ1n) is 8.19. The van der Waals surface area contributed by atoms with Gasteiger partial charge in [-0.2, -0.15) is 4.31 Å². The van der Waals surface area contributed by atoms with Gasteiger partial charge in [-0.1, -0.05) is 0 Å². The van der Waals surface area contributed by atoms with Gasteiger partial charge in [0.1, 0.15) is 5.75 Å². The van der Waals surface area contributed by atoms with Gasteiger partial charge in [-0.05, 0) is 59.3 Å². The van der Waals surface area contributed by atoms with Crippen LogP contribution in [0.5, 0.6) is 5.75 Å². The summed E-state index contributed by atoms with van der Waals surface area (Å²) in [5, 5.41) is 0. The highest BCUT2D eigenvalue weighted by Crippen LogP contribution is 2.25. The molecule has 26 heavy (non-hydrogen) atoms. The van der Waals surface area contributed by atoms with E-state index in [0.29, 0.717) is 30.3 Å². The van der Waals surface area contributed by atoms with Crippen LogP contribution in [-0.2, 0) is 10.0 Å². The first kappa shape index (κ1) is 19.3. The second kappa shape index (κ2) is 8.08. The van der Waals surface area contributed by atoms with Crippen LogP contribution in [-0.4, -0.2) is 56.3 Å². The van der Waals surface area contributed by atoms with Crippen molar-refractivity contribution in [2.45, 2.75) is 11.8 Å². The molecule has 1 aliphatic rings.